The van der Waals surface area contributed by atoms with E-state index in [4.69, 9.17) is 5.10 Å². The molecule has 1 heterocycles. The van der Waals surface area contributed by atoms with E-state index in [1.54, 1.807) is 0 Å². The van der Waals surface area contributed by atoms with Crippen molar-refractivity contribution in [2.75, 3.05) is 23.7 Å². The molecular formula is C24H37N5O2. The SMILES string of the molecule is CCc1ccccc1NC(=O)N(CC)CC(=O)Nc1cc(C(C)(C)C)nn1C(C)(C)C. The van der Waals surface area contributed by atoms with Crippen LogP contribution >= 0.6 is 0 Å². The number of anilines is 2. The van der Waals surface area contributed by atoms with E-state index in [2.05, 4.69) is 31.4 Å². The maximum atomic E-state index is 12.8. The van der Waals surface area contributed by atoms with Crippen molar-refractivity contribution in [2.45, 2.75) is 72.8 Å². The predicted octanol–water partition coefficient (Wildman–Crippen LogP) is 4.99. The molecule has 0 aliphatic heterocycles. The zero-order chi connectivity index (χ0) is 23.4. The molecule has 0 bridgehead atoms. The summed E-state index contributed by atoms with van der Waals surface area (Å²) in [4.78, 5) is 27.1. The standard InChI is InChI=1S/C24H37N5O2/c1-9-17-13-11-12-14-18(17)25-22(31)28(10-2)16-21(30)26-20-15-19(23(3,4)5)27-29(20)24(6,7)8/h11-15H,9-10,16H2,1-8H3,(H,25,31)(H,26,30). The molecule has 170 valence electrons. The Morgan fingerprint density at radius 2 is 1.68 bits per heavy atom. The highest BCUT2D eigenvalue weighted by Crippen LogP contribution is 2.28. The second-order valence-electron chi connectivity index (χ2n) is 9.75. The smallest absolute Gasteiger partial charge is 0.315 e. The van der Waals surface area contributed by atoms with Gasteiger partial charge < -0.3 is 15.5 Å². The molecule has 0 atom stereocenters. The molecule has 3 amide bonds. The minimum absolute atomic E-state index is 0.0448. The second-order valence-corrected chi connectivity index (χ2v) is 9.75. The molecule has 0 aliphatic rings. The summed E-state index contributed by atoms with van der Waals surface area (Å²) in [5.74, 6) is 0.377. The van der Waals surface area contributed by atoms with E-state index >= 15 is 0 Å². The molecule has 0 aliphatic carbocycles. The van der Waals surface area contributed by atoms with Gasteiger partial charge in [0.2, 0.25) is 5.91 Å². The van der Waals surface area contributed by atoms with Crippen molar-refractivity contribution in [2.24, 2.45) is 0 Å². The monoisotopic (exact) mass is 427 g/mol. The fourth-order valence-corrected chi connectivity index (χ4v) is 3.18. The van der Waals surface area contributed by atoms with E-state index in [0.717, 1.165) is 23.4 Å². The molecule has 0 radical (unpaired) electrons. The average Bonchev–Trinajstić information content (AvgIpc) is 3.11. The fraction of sp³-hybridized carbons (Fsp3) is 0.542. The summed E-state index contributed by atoms with van der Waals surface area (Å²) in [6.07, 6.45) is 0.815. The number of nitrogens with one attached hydrogen (secondary N) is 2. The van der Waals surface area contributed by atoms with Crippen molar-refractivity contribution in [1.82, 2.24) is 14.7 Å². The maximum absolute atomic E-state index is 12.8. The van der Waals surface area contributed by atoms with Crippen molar-refractivity contribution in [3.8, 4) is 0 Å². The van der Waals surface area contributed by atoms with Crippen LogP contribution in [0.4, 0.5) is 16.3 Å². The van der Waals surface area contributed by atoms with Crippen molar-refractivity contribution < 1.29 is 9.59 Å². The summed E-state index contributed by atoms with van der Waals surface area (Å²) in [7, 11) is 0. The first-order valence-corrected chi connectivity index (χ1v) is 10.9. The minimum Gasteiger partial charge on any atom is -0.315 e. The van der Waals surface area contributed by atoms with Gasteiger partial charge in [0.25, 0.3) is 0 Å². The van der Waals surface area contributed by atoms with E-state index in [9.17, 15) is 9.59 Å². The quantitative estimate of drug-likeness (QED) is 0.681. The van der Waals surface area contributed by atoms with Gasteiger partial charge in [0.05, 0.1) is 11.2 Å². The van der Waals surface area contributed by atoms with Gasteiger partial charge in [-0.05, 0) is 45.7 Å². The Hall–Kier alpha value is -2.83. The van der Waals surface area contributed by atoms with E-state index in [1.807, 2.05) is 69.6 Å². The summed E-state index contributed by atoms with van der Waals surface area (Å²) in [5, 5.41) is 10.6. The Labute approximate surface area is 186 Å². The van der Waals surface area contributed by atoms with Crippen LogP contribution in [0.1, 0.15) is 66.6 Å². The van der Waals surface area contributed by atoms with Gasteiger partial charge in [-0.1, -0.05) is 45.9 Å². The summed E-state index contributed by atoms with van der Waals surface area (Å²) in [6, 6.07) is 9.32. The molecule has 0 fully saturated rings. The van der Waals surface area contributed by atoms with Crippen molar-refractivity contribution in [1.29, 1.82) is 0 Å². The summed E-state index contributed by atoms with van der Waals surface area (Å²) >= 11 is 0. The predicted molar refractivity (Wildman–Crippen MR) is 127 cm³/mol. The maximum Gasteiger partial charge on any atom is 0.322 e. The van der Waals surface area contributed by atoms with Gasteiger partial charge in [-0.3, -0.25) is 4.79 Å². The number of nitrogens with zero attached hydrogens (tertiary/aromatic N) is 3. The van der Waals surface area contributed by atoms with Crippen LogP contribution in [0.15, 0.2) is 30.3 Å². The Kier molecular flexibility index (Phi) is 7.52. The summed E-state index contributed by atoms with van der Waals surface area (Å²) in [6.45, 7) is 16.7. The van der Waals surface area contributed by atoms with Crippen LogP contribution in [0.3, 0.4) is 0 Å². The topological polar surface area (TPSA) is 79.3 Å². The number of carbonyl (C=O) groups excluding carboxylic acids is 2. The minimum atomic E-state index is -0.294. The van der Waals surface area contributed by atoms with Crippen LogP contribution < -0.4 is 10.6 Å². The van der Waals surface area contributed by atoms with Crippen LogP contribution in [-0.4, -0.2) is 39.7 Å². The Balaban J connectivity index is 2.15. The first-order valence-electron chi connectivity index (χ1n) is 10.9. The van der Waals surface area contributed by atoms with Gasteiger partial charge in [0, 0.05) is 23.7 Å². The highest BCUT2D eigenvalue weighted by molar-refractivity contribution is 5.97. The van der Waals surface area contributed by atoms with Gasteiger partial charge in [-0.2, -0.15) is 5.10 Å². The highest BCUT2D eigenvalue weighted by atomic mass is 16.2. The van der Waals surface area contributed by atoms with Crippen molar-refractivity contribution in [3.05, 3.63) is 41.6 Å². The van der Waals surface area contributed by atoms with Gasteiger partial charge in [-0.25, -0.2) is 9.48 Å². The second kappa shape index (κ2) is 9.54. The number of benzene rings is 1. The van der Waals surface area contributed by atoms with Crippen LogP contribution in [0.5, 0.6) is 0 Å². The van der Waals surface area contributed by atoms with Crippen LogP contribution in [0, 0.1) is 0 Å². The average molecular weight is 428 g/mol. The molecule has 1 aromatic carbocycles. The normalized spacial score (nSPS) is 11.9. The third-order valence-corrected chi connectivity index (χ3v) is 5.02. The highest BCUT2D eigenvalue weighted by Gasteiger charge is 2.26. The lowest BCUT2D eigenvalue weighted by molar-refractivity contribution is -0.116. The first-order chi connectivity index (χ1) is 14.4. The number of rotatable bonds is 6. The van der Waals surface area contributed by atoms with E-state index in [1.165, 1.54) is 4.90 Å². The van der Waals surface area contributed by atoms with Gasteiger partial charge in [-0.15, -0.1) is 0 Å². The largest absolute Gasteiger partial charge is 0.322 e. The lowest BCUT2D eigenvalue weighted by atomic mass is 9.92. The number of hydrogen-bond donors (Lipinski definition) is 2. The Morgan fingerprint density at radius 3 is 2.23 bits per heavy atom. The molecule has 0 saturated heterocycles. The van der Waals surface area contributed by atoms with Gasteiger partial charge in [0.15, 0.2) is 0 Å². The zero-order valence-electron chi connectivity index (χ0n) is 20.2. The molecule has 0 saturated carbocycles. The Bertz CT molecular complexity index is 919. The van der Waals surface area contributed by atoms with Crippen molar-refractivity contribution >= 4 is 23.4 Å². The molecular weight excluding hydrogens is 390 g/mol. The number of hydrogen-bond acceptors (Lipinski definition) is 3. The fourth-order valence-electron chi connectivity index (χ4n) is 3.18. The van der Waals surface area contributed by atoms with Crippen LogP contribution in [-0.2, 0) is 22.2 Å². The van der Waals surface area contributed by atoms with Gasteiger partial charge in [0.1, 0.15) is 12.4 Å². The third-order valence-electron chi connectivity index (χ3n) is 5.02. The number of urea groups is 1. The van der Waals surface area contributed by atoms with Gasteiger partial charge >= 0.3 is 6.03 Å². The number of aromatic nitrogens is 2. The third kappa shape index (κ3) is 6.32. The van der Waals surface area contributed by atoms with Crippen molar-refractivity contribution in [3.63, 3.8) is 0 Å². The molecule has 0 unspecified atom stereocenters. The molecule has 2 N–H and O–H groups in total. The lowest BCUT2D eigenvalue weighted by Gasteiger charge is -2.24. The molecule has 2 aromatic rings. The number of carbonyl (C=O) groups is 2. The van der Waals surface area contributed by atoms with Crippen LogP contribution in [0.2, 0.25) is 0 Å². The Morgan fingerprint density at radius 1 is 1.03 bits per heavy atom. The number of para-hydroxylation sites is 1. The van der Waals surface area contributed by atoms with E-state index in [-0.39, 0.29) is 29.4 Å². The molecule has 7 heteroatoms. The molecule has 0 spiro atoms. The summed E-state index contributed by atoms with van der Waals surface area (Å²) < 4.78 is 1.83. The molecule has 31 heavy (non-hydrogen) atoms. The number of likely N-dealkylation sites (N-methyl/N-ethyl adjacent to an activating group) is 1. The number of aryl methyl sites for hydroxylation is 1. The first kappa shape index (κ1) is 24.4. The number of amides is 3. The molecule has 1 aromatic heterocycles. The van der Waals surface area contributed by atoms with E-state index < -0.39 is 0 Å². The zero-order valence-corrected chi connectivity index (χ0v) is 20.2. The molecule has 7 nitrogen and oxygen atoms in total. The molecule has 2 rings (SSSR count). The summed E-state index contributed by atoms with van der Waals surface area (Å²) in [5.41, 5.74) is 2.30. The van der Waals surface area contributed by atoms with E-state index in [0.29, 0.717) is 12.4 Å². The van der Waals surface area contributed by atoms with Crippen LogP contribution in [0.25, 0.3) is 0 Å². The lowest BCUT2D eigenvalue weighted by Crippen LogP contribution is -2.41.